The van der Waals surface area contributed by atoms with E-state index in [4.69, 9.17) is 10.8 Å². The molecule has 94 valence electrons. The predicted octanol–water partition coefficient (Wildman–Crippen LogP) is 2.50. The highest BCUT2D eigenvalue weighted by molar-refractivity contribution is 5.76. The van der Waals surface area contributed by atoms with Crippen LogP contribution in [0.4, 0.5) is 0 Å². The number of carboxylic acid groups (broad SMARTS) is 1. The van der Waals surface area contributed by atoms with Crippen LogP contribution < -0.4 is 5.73 Å². The first-order valence-electron chi connectivity index (χ1n) is 5.89. The van der Waals surface area contributed by atoms with Crippen LogP contribution in [0, 0.1) is 0 Å². The highest BCUT2D eigenvalue weighted by atomic mass is 16.4. The van der Waals surface area contributed by atoms with Crippen molar-refractivity contribution in [2.24, 2.45) is 5.73 Å². The quantitative estimate of drug-likeness (QED) is 0.842. The molecule has 0 heterocycles. The average molecular weight is 235 g/mol. The minimum absolute atomic E-state index is 0.0884. The van der Waals surface area contributed by atoms with Crippen LogP contribution in [0.1, 0.15) is 44.2 Å². The lowest BCUT2D eigenvalue weighted by Gasteiger charge is -2.20. The monoisotopic (exact) mass is 235 g/mol. The van der Waals surface area contributed by atoms with Gasteiger partial charge in [0.15, 0.2) is 0 Å². The molecule has 1 aromatic rings. The molecule has 0 fully saturated rings. The zero-order chi connectivity index (χ0) is 13.1. The lowest BCUT2D eigenvalue weighted by Crippen LogP contribution is -2.17. The highest BCUT2D eigenvalue weighted by Gasteiger charge is 2.20. The first-order chi connectivity index (χ1) is 7.86. The van der Waals surface area contributed by atoms with E-state index in [2.05, 4.69) is 20.8 Å². The van der Waals surface area contributed by atoms with Gasteiger partial charge in [0.05, 0.1) is 5.92 Å². The van der Waals surface area contributed by atoms with Crippen LogP contribution in [0.5, 0.6) is 0 Å². The zero-order valence-electron chi connectivity index (χ0n) is 10.7. The molecule has 0 aliphatic carbocycles. The van der Waals surface area contributed by atoms with Gasteiger partial charge in [0.1, 0.15) is 0 Å². The molecule has 1 unspecified atom stereocenters. The molecule has 3 heteroatoms. The average Bonchev–Trinajstić information content (AvgIpc) is 2.24. The van der Waals surface area contributed by atoms with E-state index in [1.807, 2.05) is 24.3 Å². The molecule has 0 amide bonds. The maximum atomic E-state index is 11.1. The molecule has 0 aromatic heterocycles. The van der Waals surface area contributed by atoms with Crippen LogP contribution in [-0.4, -0.2) is 17.6 Å². The number of aliphatic carboxylic acids is 1. The van der Waals surface area contributed by atoms with Crippen molar-refractivity contribution in [3.05, 3.63) is 35.4 Å². The van der Waals surface area contributed by atoms with E-state index in [1.54, 1.807) is 0 Å². The maximum absolute atomic E-state index is 11.1. The molecule has 1 atom stereocenters. The summed E-state index contributed by atoms with van der Waals surface area (Å²) in [4.78, 5) is 11.1. The number of benzene rings is 1. The Hall–Kier alpha value is -1.35. The van der Waals surface area contributed by atoms with Crippen LogP contribution in [0.15, 0.2) is 24.3 Å². The first kappa shape index (κ1) is 13.7. The van der Waals surface area contributed by atoms with E-state index in [9.17, 15) is 4.79 Å². The Bertz CT molecular complexity index is 376. The summed E-state index contributed by atoms with van der Waals surface area (Å²) >= 11 is 0. The minimum Gasteiger partial charge on any atom is -0.481 e. The third kappa shape index (κ3) is 3.56. The minimum atomic E-state index is -0.807. The third-order valence-electron chi connectivity index (χ3n) is 2.93. The van der Waals surface area contributed by atoms with Crippen LogP contribution in [-0.2, 0) is 10.2 Å². The van der Waals surface area contributed by atoms with Crippen molar-refractivity contribution in [3.63, 3.8) is 0 Å². The van der Waals surface area contributed by atoms with Crippen molar-refractivity contribution < 1.29 is 9.90 Å². The fourth-order valence-corrected chi connectivity index (χ4v) is 1.81. The second-order valence-corrected chi connectivity index (χ2v) is 5.34. The molecule has 0 saturated carbocycles. The number of nitrogens with two attached hydrogens (primary N) is 1. The van der Waals surface area contributed by atoms with Gasteiger partial charge in [0.2, 0.25) is 0 Å². The maximum Gasteiger partial charge on any atom is 0.311 e. The Labute approximate surface area is 103 Å². The van der Waals surface area contributed by atoms with Crippen LogP contribution >= 0.6 is 0 Å². The van der Waals surface area contributed by atoms with Gasteiger partial charge >= 0.3 is 5.97 Å². The number of hydrogen-bond donors (Lipinski definition) is 2. The second-order valence-electron chi connectivity index (χ2n) is 5.34. The van der Waals surface area contributed by atoms with Gasteiger partial charge in [0, 0.05) is 0 Å². The third-order valence-corrected chi connectivity index (χ3v) is 2.93. The summed E-state index contributed by atoms with van der Waals surface area (Å²) in [5.41, 5.74) is 7.56. The lowest BCUT2D eigenvalue weighted by atomic mass is 9.85. The summed E-state index contributed by atoms with van der Waals surface area (Å²) in [7, 11) is 0. The summed E-state index contributed by atoms with van der Waals surface area (Å²) in [6, 6.07) is 7.80. The normalized spacial score (nSPS) is 13.4. The summed E-state index contributed by atoms with van der Waals surface area (Å²) in [6.07, 6.45) is 0.476. The standard InChI is InChI=1S/C14H21NO2/c1-14(2,3)11-6-4-10(5-7-11)12(8-9-15)13(16)17/h4-7,12H,8-9,15H2,1-3H3,(H,16,17). The van der Waals surface area contributed by atoms with Crippen molar-refractivity contribution in [1.82, 2.24) is 0 Å². The molecule has 17 heavy (non-hydrogen) atoms. The summed E-state index contributed by atoms with van der Waals surface area (Å²) < 4.78 is 0. The van der Waals surface area contributed by atoms with E-state index < -0.39 is 11.9 Å². The van der Waals surface area contributed by atoms with Gasteiger partial charge in [-0.3, -0.25) is 4.79 Å². The Morgan fingerprint density at radius 1 is 1.29 bits per heavy atom. The molecule has 0 radical (unpaired) electrons. The SMILES string of the molecule is CC(C)(C)c1ccc(C(CCN)C(=O)O)cc1. The van der Waals surface area contributed by atoms with E-state index in [0.717, 1.165) is 5.56 Å². The Morgan fingerprint density at radius 2 is 1.82 bits per heavy atom. The summed E-state index contributed by atoms with van der Waals surface area (Å²) in [5, 5.41) is 9.13. The van der Waals surface area contributed by atoms with Gasteiger partial charge in [-0.25, -0.2) is 0 Å². The van der Waals surface area contributed by atoms with Crippen molar-refractivity contribution in [2.45, 2.75) is 38.5 Å². The summed E-state index contributed by atoms with van der Waals surface area (Å²) in [5.74, 6) is -1.30. The van der Waals surface area contributed by atoms with E-state index in [1.165, 1.54) is 5.56 Å². The Balaban J connectivity index is 2.96. The Kier molecular flexibility index (Phi) is 4.29. The molecular weight excluding hydrogens is 214 g/mol. The smallest absolute Gasteiger partial charge is 0.311 e. The van der Waals surface area contributed by atoms with Crippen molar-refractivity contribution in [2.75, 3.05) is 6.54 Å². The molecule has 1 rings (SSSR count). The highest BCUT2D eigenvalue weighted by Crippen LogP contribution is 2.25. The van der Waals surface area contributed by atoms with Crippen LogP contribution in [0.25, 0.3) is 0 Å². The molecule has 0 aliphatic rings. The lowest BCUT2D eigenvalue weighted by molar-refractivity contribution is -0.138. The largest absolute Gasteiger partial charge is 0.481 e. The molecule has 0 aliphatic heterocycles. The molecular formula is C14H21NO2. The van der Waals surface area contributed by atoms with Gasteiger partial charge in [-0.05, 0) is 29.5 Å². The molecule has 1 aromatic carbocycles. The topological polar surface area (TPSA) is 63.3 Å². The van der Waals surface area contributed by atoms with Crippen LogP contribution in [0.3, 0.4) is 0 Å². The second kappa shape index (κ2) is 5.32. The van der Waals surface area contributed by atoms with E-state index >= 15 is 0 Å². The predicted molar refractivity (Wildman–Crippen MR) is 69.2 cm³/mol. The van der Waals surface area contributed by atoms with Crippen molar-refractivity contribution >= 4 is 5.97 Å². The fraction of sp³-hybridized carbons (Fsp3) is 0.500. The van der Waals surface area contributed by atoms with Crippen molar-refractivity contribution in [3.8, 4) is 0 Å². The number of carbonyl (C=O) groups is 1. The zero-order valence-corrected chi connectivity index (χ0v) is 10.7. The molecule has 0 spiro atoms. The van der Waals surface area contributed by atoms with Gasteiger partial charge in [0.25, 0.3) is 0 Å². The van der Waals surface area contributed by atoms with Gasteiger partial charge in [-0.15, -0.1) is 0 Å². The van der Waals surface area contributed by atoms with Gasteiger partial charge < -0.3 is 10.8 Å². The van der Waals surface area contributed by atoms with Crippen LogP contribution in [0.2, 0.25) is 0 Å². The molecule has 0 saturated heterocycles. The van der Waals surface area contributed by atoms with Crippen molar-refractivity contribution in [1.29, 1.82) is 0 Å². The van der Waals surface area contributed by atoms with E-state index in [-0.39, 0.29) is 5.41 Å². The fourth-order valence-electron chi connectivity index (χ4n) is 1.81. The van der Waals surface area contributed by atoms with E-state index in [0.29, 0.717) is 13.0 Å². The number of carboxylic acids is 1. The Morgan fingerprint density at radius 3 is 2.18 bits per heavy atom. The van der Waals surface area contributed by atoms with Gasteiger partial charge in [-0.1, -0.05) is 45.0 Å². The summed E-state index contributed by atoms with van der Waals surface area (Å²) in [6.45, 7) is 6.79. The number of hydrogen-bond acceptors (Lipinski definition) is 2. The van der Waals surface area contributed by atoms with Gasteiger partial charge in [-0.2, -0.15) is 0 Å². The molecule has 3 N–H and O–H groups in total. The molecule has 3 nitrogen and oxygen atoms in total. The number of rotatable bonds is 4. The first-order valence-corrected chi connectivity index (χ1v) is 5.89. The molecule has 0 bridgehead atoms.